The number of amides is 2. The van der Waals surface area contributed by atoms with Gasteiger partial charge in [-0.25, -0.2) is 9.59 Å². The number of hydrogen-bond donors (Lipinski definition) is 0. The van der Waals surface area contributed by atoms with Crippen molar-refractivity contribution in [2.45, 2.75) is 58.7 Å². The quantitative estimate of drug-likeness (QED) is 0.644. The van der Waals surface area contributed by atoms with Crippen molar-refractivity contribution in [2.24, 2.45) is 11.8 Å². The fraction of sp³-hybridized carbons (Fsp3) is 0.600. The first-order chi connectivity index (χ1) is 14.8. The molecule has 2 saturated heterocycles. The van der Waals surface area contributed by atoms with Gasteiger partial charge in [-0.1, -0.05) is 42.2 Å². The summed E-state index contributed by atoms with van der Waals surface area (Å²) < 4.78 is 10.9. The molecule has 2 fully saturated rings. The third-order valence-corrected chi connectivity index (χ3v) is 5.60. The number of benzene rings is 1. The molecule has 3 rings (SSSR count). The highest BCUT2D eigenvalue weighted by molar-refractivity contribution is 5.68. The van der Waals surface area contributed by atoms with Crippen molar-refractivity contribution < 1.29 is 19.1 Å². The fourth-order valence-corrected chi connectivity index (χ4v) is 3.79. The molecule has 2 aliphatic heterocycles. The van der Waals surface area contributed by atoms with Crippen LogP contribution in [-0.2, 0) is 16.1 Å². The van der Waals surface area contributed by atoms with Crippen LogP contribution < -0.4 is 0 Å². The van der Waals surface area contributed by atoms with Crippen molar-refractivity contribution >= 4 is 12.2 Å². The van der Waals surface area contributed by atoms with Crippen LogP contribution in [0.2, 0.25) is 0 Å². The minimum atomic E-state index is -0.462. The van der Waals surface area contributed by atoms with Gasteiger partial charge in [0.2, 0.25) is 0 Å². The summed E-state index contributed by atoms with van der Waals surface area (Å²) in [6.45, 7) is 8.72. The number of rotatable bonds is 2. The van der Waals surface area contributed by atoms with E-state index in [-0.39, 0.29) is 12.2 Å². The highest BCUT2D eigenvalue weighted by Gasteiger charge is 2.27. The van der Waals surface area contributed by atoms with Crippen LogP contribution in [0.5, 0.6) is 0 Å². The highest BCUT2D eigenvalue weighted by atomic mass is 16.6. The summed E-state index contributed by atoms with van der Waals surface area (Å²) in [5.41, 5.74) is 0.533. The van der Waals surface area contributed by atoms with Gasteiger partial charge < -0.3 is 19.3 Å². The van der Waals surface area contributed by atoms with Crippen LogP contribution in [0, 0.1) is 23.7 Å². The lowest BCUT2D eigenvalue weighted by atomic mass is 9.93. The smallest absolute Gasteiger partial charge is 0.410 e. The third-order valence-electron chi connectivity index (χ3n) is 5.60. The third kappa shape index (κ3) is 7.50. The van der Waals surface area contributed by atoms with E-state index in [1.165, 1.54) is 0 Å². The van der Waals surface area contributed by atoms with Gasteiger partial charge in [-0.15, -0.1) is 0 Å². The minimum absolute atomic E-state index is 0.231. The van der Waals surface area contributed by atoms with Crippen molar-refractivity contribution in [2.75, 3.05) is 26.2 Å². The Morgan fingerprint density at radius 2 is 1.35 bits per heavy atom. The molecule has 0 saturated carbocycles. The highest BCUT2D eigenvalue weighted by Crippen LogP contribution is 2.21. The minimum Gasteiger partial charge on any atom is -0.445 e. The van der Waals surface area contributed by atoms with E-state index >= 15 is 0 Å². The zero-order valence-electron chi connectivity index (χ0n) is 18.9. The number of nitrogens with zero attached hydrogens (tertiary/aromatic N) is 2. The normalized spacial score (nSPS) is 18.2. The van der Waals surface area contributed by atoms with E-state index in [4.69, 9.17) is 9.47 Å². The fourth-order valence-electron chi connectivity index (χ4n) is 3.79. The van der Waals surface area contributed by atoms with Crippen LogP contribution in [0.25, 0.3) is 0 Å². The Labute approximate surface area is 185 Å². The van der Waals surface area contributed by atoms with Crippen LogP contribution in [0.15, 0.2) is 30.3 Å². The Morgan fingerprint density at radius 3 is 1.84 bits per heavy atom. The Kier molecular flexibility index (Phi) is 7.84. The molecule has 0 atom stereocenters. The average Bonchev–Trinajstić information content (AvgIpc) is 2.76. The number of piperidine rings is 2. The molecule has 1 aromatic carbocycles. The summed E-state index contributed by atoms with van der Waals surface area (Å²) in [5.74, 6) is 7.50. The molecule has 6 heteroatoms. The summed E-state index contributed by atoms with van der Waals surface area (Å²) in [4.78, 5) is 28.0. The largest absolute Gasteiger partial charge is 0.445 e. The van der Waals surface area contributed by atoms with Crippen LogP contribution in [0.1, 0.15) is 52.0 Å². The van der Waals surface area contributed by atoms with E-state index in [9.17, 15) is 9.59 Å². The SMILES string of the molecule is CC(C)(C)OC(=O)N1CCC(C#CC2CCN(C(=O)OCc3ccccc3)CC2)CC1. The van der Waals surface area contributed by atoms with E-state index in [0.717, 1.165) is 31.2 Å². The lowest BCUT2D eigenvalue weighted by Crippen LogP contribution is -2.41. The first kappa shape index (κ1) is 23.0. The molecule has 1 aromatic rings. The summed E-state index contributed by atoms with van der Waals surface area (Å²) in [5, 5.41) is 0. The van der Waals surface area contributed by atoms with Gasteiger partial charge in [0.1, 0.15) is 12.2 Å². The zero-order valence-corrected chi connectivity index (χ0v) is 18.9. The number of ether oxygens (including phenoxy) is 2. The van der Waals surface area contributed by atoms with Crippen LogP contribution in [-0.4, -0.2) is 53.8 Å². The second kappa shape index (κ2) is 10.6. The van der Waals surface area contributed by atoms with Crippen molar-refractivity contribution in [3.8, 4) is 11.8 Å². The first-order valence-corrected chi connectivity index (χ1v) is 11.2. The van der Waals surface area contributed by atoms with Crippen molar-refractivity contribution in [3.63, 3.8) is 0 Å². The maximum atomic E-state index is 12.3. The van der Waals surface area contributed by atoms with E-state index < -0.39 is 5.60 Å². The molecule has 2 aliphatic rings. The number of likely N-dealkylation sites (tertiary alicyclic amines) is 2. The maximum Gasteiger partial charge on any atom is 0.410 e. The lowest BCUT2D eigenvalue weighted by molar-refractivity contribution is 0.0199. The van der Waals surface area contributed by atoms with Crippen LogP contribution >= 0.6 is 0 Å². The second-order valence-electron chi connectivity index (χ2n) is 9.33. The van der Waals surface area contributed by atoms with Gasteiger partial charge in [0.25, 0.3) is 0 Å². The number of carbonyl (C=O) groups is 2. The Morgan fingerprint density at radius 1 is 0.871 bits per heavy atom. The zero-order chi connectivity index (χ0) is 22.3. The standard InChI is InChI=1S/C25H34N2O4/c1-25(2,3)31-24(29)27-17-13-21(14-18-27)10-9-20-11-15-26(16-12-20)23(28)30-19-22-7-5-4-6-8-22/h4-8,20-21H,11-19H2,1-3H3. The molecule has 0 radical (unpaired) electrons. The van der Waals surface area contributed by atoms with Gasteiger partial charge in [-0.3, -0.25) is 0 Å². The molecule has 0 spiro atoms. The summed E-state index contributed by atoms with van der Waals surface area (Å²) in [6, 6.07) is 9.73. The molecule has 0 N–H and O–H groups in total. The molecule has 0 bridgehead atoms. The van der Waals surface area contributed by atoms with Crippen LogP contribution in [0.3, 0.4) is 0 Å². The van der Waals surface area contributed by atoms with Crippen LogP contribution in [0.4, 0.5) is 9.59 Å². The van der Waals surface area contributed by atoms with Gasteiger partial charge >= 0.3 is 12.2 Å². The average molecular weight is 427 g/mol. The molecule has 0 aliphatic carbocycles. The Hall–Kier alpha value is -2.68. The Bertz CT molecular complexity index is 790. The molecular weight excluding hydrogens is 392 g/mol. The van der Waals surface area contributed by atoms with Gasteiger partial charge in [0, 0.05) is 38.0 Å². The summed E-state index contributed by atoms with van der Waals surface area (Å²) >= 11 is 0. The monoisotopic (exact) mass is 426 g/mol. The molecular formula is C25H34N2O4. The molecule has 2 heterocycles. The summed E-state index contributed by atoms with van der Waals surface area (Å²) in [6.07, 6.45) is 3.05. The molecule has 6 nitrogen and oxygen atoms in total. The topological polar surface area (TPSA) is 59.1 Å². The van der Waals surface area contributed by atoms with E-state index in [1.54, 1.807) is 9.80 Å². The maximum absolute atomic E-state index is 12.3. The summed E-state index contributed by atoms with van der Waals surface area (Å²) in [7, 11) is 0. The van der Waals surface area contributed by atoms with E-state index in [2.05, 4.69) is 11.8 Å². The second-order valence-corrected chi connectivity index (χ2v) is 9.33. The van der Waals surface area contributed by atoms with Gasteiger partial charge in [-0.05, 0) is 52.0 Å². The van der Waals surface area contributed by atoms with E-state index in [0.29, 0.717) is 44.6 Å². The van der Waals surface area contributed by atoms with Crippen molar-refractivity contribution in [3.05, 3.63) is 35.9 Å². The predicted octanol–water partition coefficient (Wildman–Crippen LogP) is 4.69. The number of carbonyl (C=O) groups excluding carboxylic acids is 2. The molecule has 168 valence electrons. The lowest BCUT2D eigenvalue weighted by Gasteiger charge is -2.32. The predicted molar refractivity (Wildman–Crippen MR) is 119 cm³/mol. The Balaban J connectivity index is 1.36. The van der Waals surface area contributed by atoms with E-state index in [1.807, 2.05) is 51.1 Å². The van der Waals surface area contributed by atoms with Gasteiger partial charge in [0.05, 0.1) is 0 Å². The van der Waals surface area contributed by atoms with Crippen molar-refractivity contribution in [1.82, 2.24) is 9.80 Å². The molecule has 31 heavy (non-hydrogen) atoms. The molecule has 0 unspecified atom stereocenters. The van der Waals surface area contributed by atoms with Gasteiger partial charge in [-0.2, -0.15) is 0 Å². The first-order valence-electron chi connectivity index (χ1n) is 11.2. The van der Waals surface area contributed by atoms with Crippen molar-refractivity contribution in [1.29, 1.82) is 0 Å². The molecule has 2 amide bonds. The molecule has 0 aromatic heterocycles. The number of hydrogen-bond acceptors (Lipinski definition) is 4. The van der Waals surface area contributed by atoms with Gasteiger partial charge in [0.15, 0.2) is 0 Å².